The van der Waals surface area contributed by atoms with Gasteiger partial charge in [-0.25, -0.2) is 13.8 Å². The molecule has 0 saturated carbocycles. The summed E-state index contributed by atoms with van der Waals surface area (Å²) in [5, 5.41) is 13.8. The molecule has 0 aliphatic rings. The lowest BCUT2D eigenvalue weighted by atomic mass is 10.3. The molecule has 0 unspecified atom stereocenters. The number of benzene rings is 1. The van der Waals surface area contributed by atoms with Gasteiger partial charge in [0.05, 0.1) is 4.92 Å². The highest BCUT2D eigenvalue weighted by Gasteiger charge is 2.24. The highest BCUT2D eigenvalue weighted by molar-refractivity contribution is 5.61. The van der Waals surface area contributed by atoms with Gasteiger partial charge in [0.25, 0.3) is 0 Å². The Morgan fingerprint density at radius 3 is 2.71 bits per heavy atom. The summed E-state index contributed by atoms with van der Waals surface area (Å²) in [5.41, 5.74) is -0.482. The number of aromatic nitrogens is 2. The predicted molar refractivity (Wildman–Crippen MR) is 69.3 cm³/mol. The van der Waals surface area contributed by atoms with Crippen molar-refractivity contribution in [1.29, 1.82) is 0 Å². The summed E-state index contributed by atoms with van der Waals surface area (Å²) >= 11 is 0. The maximum atomic E-state index is 13.1. The third-order valence-corrected chi connectivity index (χ3v) is 2.42. The second kappa shape index (κ2) is 6.07. The Hall–Kier alpha value is -2.84. The highest BCUT2D eigenvalue weighted by atomic mass is 19.2. The van der Waals surface area contributed by atoms with E-state index >= 15 is 0 Å². The molecule has 1 aromatic heterocycles. The largest absolute Gasteiger partial charge is 0.433 e. The lowest BCUT2D eigenvalue weighted by Crippen LogP contribution is -2.06. The summed E-state index contributed by atoms with van der Waals surface area (Å²) in [6.07, 6.45) is 1.07. The first-order chi connectivity index (χ1) is 10.0. The summed E-state index contributed by atoms with van der Waals surface area (Å²) in [5.74, 6) is -2.67. The smallest absolute Gasteiger partial charge is 0.373 e. The van der Waals surface area contributed by atoms with Crippen molar-refractivity contribution in [3.05, 3.63) is 46.3 Å². The van der Waals surface area contributed by atoms with Crippen LogP contribution in [0.4, 0.5) is 20.3 Å². The topological polar surface area (TPSA) is 90.2 Å². The maximum Gasteiger partial charge on any atom is 0.373 e. The van der Waals surface area contributed by atoms with Crippen LogP contribution >= 0.6 is 0 Å². The molecule has 0 aliphatic heterocycles. The van der Waals surface area contributed by atoms with Crippen LogP contribution in [0.15, 0.2) is 24.5 Å². The molecule has 9 heteroatoms. The average molecular weight is 296 g/mol. The van der Waals surface area contributed by atoms with Crippen molar-refractivity contribution in [3.63, 3.8) is 0 Å². The van der Waals surface area contributed by atoms with Crippen molar-refractivity contribution in [3.8, 4) is 11.6 Å². The SMILES string of the molecule is CCNc1ncnc(Oc2ccc(F)c(F)c2)c1[N+](=O)[O-]. The molecule has 1 heterocycles. The van der Waals surface area contributed by atoms with Gasteiger partial charge in [0.15, 0.2) is 11.6 Å². The van der Waals surface area contributed by atoms with E-state index in [0.29, 0.717) is 6.54 Å². The van der Waals surface area contributed by atoms with E-state index in [4.69, 9.17) is 4.74 Å². The van der Waals surface area contributed by atoms with E-state index in [0.717, 1.165) is 24.5 Å². The quantitative estimate of drug-likeness (QED) is 0.674. The Morgan fingerprint density at radius 2 is 2.10 bits per heavy atom. The minimum absolute atomic E-state index is 0.0184. The molecule has 2 aromatic rings. The molecule has 0 fully saturated rings. The van der Waals surface area contributed by atoms with Gasteiger partial charge in [0, 0.05) is 12.6 Å². The average Bonchev–Trinajstić information content (AvgIpc) is 2.43. The van der Waals surface area contributed by atoms with Crippen LogP contribution < -0.4 is 10.1 Å². The molecular formula is C12H10F2N4O3. The lowest BCUT2D eigenvalue weighted by molar-refractivity contribution is -0.385. The molecule has 0 spiro atoms. The fourth-order valence-electron chi connectivity index (χ4n) is 1.55. The fourth-order valence-corrected chi connectivity index (χ4v) is 1.55. The van der Waals surface area contributed by atoms with Crippen molar-refractivity contribution in [2.45, 2.75) is 6.92 Å². The molecular weight excluding hydrogens is 286 g/mol. The van der Waals surface area contributed by atoms with Crippen LogP contribution in [0, 0.1) is 21.7 Å². The summed E-state index contributed by atoms with van der Waals surface area (Å²) in [6, 6.07) is 2.76. The van der Waals surface area contributed by atoms with E-state index in [1.54, 1.807) is 6.92 Å². The Labute approximate surface area is 117 Å². The Balaban J connectivity index is 2.41. The van der Waals surface area contributed by atoms with Gasteiger partial charge in [-0.2, -0.15) is 4.98 Å². The molecule has 0 bridgehead atoms. The van der Waals surface area contributed by atoms with E-state index in [1.165, 1.54) is 0 Å². The number of nitrogens with zero attached hydrogens (tertiary/aromatic N) is 3. The van der Waals surface area contributed by atoms with Crippen LogP contribution in [-0.2, 0) is 0 Å². The highest BCUT2D eigenvalue weighted by Crippen LogP contribution is 2.34. The molecule has 0 saturated heterocycles. The van der Waals surface area contributed by atoms with Gasteiger partial charge in [-0.3, -0.25) is 10.1 Å². The zero-order valence-electron chi connectivity index (χ0n) is 10.8. The first-order valence-corrected chi connectivity index (χ1v) is 5.89. The summed E-state index contributed by atoms with van der Waals surface area (Å²) in [4.78, 5) is 17.8. The first-order valence-electron chi connectivity index (χ1n) is 5.89. The zero-order valence-corrected chi connectivity index (χ0v) is 10.8. The molecule has 110 valence electrons. The zero-order chi connectivity index (χ0) is 15.4. The minimum Gasteiger partial charge on any atom is -0.433 e. The van der Waals surface area contributed by atoms with E-state index in [2.05, 4.69) is 15.3 Å². The van der Waals surface area contributed by atoms with Gasteiger partial charge in [-0.1, -0.05) is 0 Å². The first kappa shape index (κ1) is 14.6. The molecule has 2 rings (SSSR count). The third kappa shape index (κ3) is 3.19. The molecule has 1 N–H and O–H groups in total. The van der Waals surface area contributed by atoms with Gasteiger partial charge < -0.3 is 10.1 Å². The lowest BCUT2D eigenvalue weighted by Gasteiger charge is -2.08. The third-order valence-electron chi connectivity index (χ3n) is 2.42. The number of anilines is 1. The Morgan fingerprint density at radius 1 is 1.33 bits per heavy atom. The van der Waals surface area contributed by atoms with E-state index in [1.807, 2.05) is 0 Å². The normalized spacial score (nSPS) is 10.2. The van der Waals surface area contributed by atoms with E-state index in [-0.39, 0.29) is 17.4 Å². The maximum absolute atomic E-state index is 13.1. The van der Waals surface area contributed by atoms with Gasteiger partial charge in [-0.05, 0) is 19.1 Å². The van der Waals surface area contributed by atoms with Crippen molar-refractivity contribution in [2.75, 3.05) is 11.9 Å². The number of nitrogens with one attached hydrogen (secondary N) is 1. The summed E-state index contributed by atoms with van der Waals surface area (Å²) in [6.45, 7) is 2.14. The molecule has 0 radical (unpaired) electrons. The van der Waals surface area contributed by atoms with Gasteiger partial charge in [0.2, 0.25) is 5.82 Å². The van der Waals surface area contributed by atoms with Gasteiger partial charge in [0.1, 0.15) is 12.1 Å². The molecule has 0 aliphatic carbocycles. The number of hydrogen-bond acceptors (Lipinski definition) is 6. The molecule has 1 aromatic carbocycles. The Kier molecular flexibility index (Phi) is 4.21. The number of nitro groups is 1. The molecule has 0 atom stereocenters. The molecule has 7 nitrogen and oxygen atoms in total. The van der Waals surface area contributed by atoms with Crippen LogP contribution in [-0.4, -0.2) is 21.4 Å². The van der Waals surface area contributed by atoms with Gasteiger partial charge >= 0.3 is 11.6 Å². The molecule has 0 amide bonds. The minimum atomic E-state index is -1.13. The van der Waals surface area contributed by atoms with Crippen molar-refractivity contribution < 1.29 is 18.4 Å². The van der Waals surface area contributed by atoms with Crippen molar-refractivity contribution in [1.82, 2.24) is 9.97 Å². The van der Waals surface area contributed by atoms with Crippen LogP contribution in [0.3, 0.4) is 0 Å². The summed E-state index contributed by atoms with van der Waals surface area (Å²) < 4.78 is 31.1. The second-order valence-corrected chi connectivity index (χ2v) is 3.84. The Bertz CT molecular complexity index is 682. The van der Waals surface area contributed by atoms with Crippen molar-refractivity contribution >= 4 is 11.5 Å². The number of ether oxygens (including phenoxy) is 1. The monoisotopic (exact) mass is 296 g/mol. The standard InChI is InChI=1S/C12H10F2N4O3/c1-2-15-11-10(18(19)20)12(17-6-16-11)21-7-3-4-8(13)9(14)5-7/h3-6H,2H2,1H3,(H,15,16,17). The van der Waals surface area contributed by atoms with Gasteiger partial charge in [-0.15, -0.1) is 0 Å². The molecule has 21 heavy (non-hydrogen) atoms. The van der Waals surface area contributed by atoms with Crippen molar-refractivity contribution in [2.24, 2.45) is 0 Å². The second-order valence-electron chi connectivity index (χ2n) is 3.84. The number of rotatable bonds is 5. The van der Waals surface area contributed by atoms with Crippen LogP contribution in [0.2, 0.25) is 0 Å². The van der Waals surface area contributed by atoms with Crippen LogP contribution in [0.1, 0.15) is 6.92 Å². The van der Waals surface area contributed by atoms with Crippen LogP contribution in [0.25, 0.3) is 0 Å². The van der Waals surface area contributed by atoms with E-state index in [9.17, 15) is 18.9 Å². The van der Waals surface area contributed by atoms with E-state index < -0.39 is 22.2 Å². The van der Waals surface area contributed by atoms with Crippen LogP contribution in [0.5, 0.6) is 11.6 Å². The number of hydrogen-bond donors (Lipinski definition) is 1. The number of halogens is 2. The predicted octanol–water partition coefficient (Wildman–Crippen LogP) is 2.89. The fraction of sp³-hybridized carbons (Fsp3) is 0.167. The summed E-state index contributed by atoms with van der Waals surface area (Å²) in [7, 11) is 0.